The number of carbonyl (C=O) groups is 1. The van der Waals surface area contributed by atoms with Crippen LogP contribution < -0.4 is 10.2 Å². The zero-order valence-corrected chi connectivity index (χ0v) is 16.9. The number of nitrogens with one attached hydrogen (secondary N) is 1. The lowest BCUT2D eigenvalue weighted by Crippen LogP contribution is -2.07. The van der Waals surface area contributed by atoms with E-state index in [0.29, 0.717) is 32.7 Å². The highest BCUT2D eigenvalue weighted by molar-refractivity contribution is 9.10. The van der Waals surface area contributed by atoms with E-state index in [1.165, 1.54) is 11.3 Å². The average molecular weight is 457 g/mol. The predicted molar refractivity (Wildman–Crippen MR) is 107 cm³/mol. The number of hydrazone groups is 1. The number of carbonyl (C=O) groups excluding carboxylic acids is 1. The SMILES string of the molecule is C#CCOc1c(Cl)cc(C=NNc2nc(CC(=O)OCC)cs2)cc1Br. The predicted octanol–water partition coefficient (Wildman–Crippen LogP) is 4.12. The van der Waals surface area contributed by atoms with Crippen molar-refractivity contribution in [2.75, 3.05) is 18.6 Å². The minimum atomic E-state index is -0.306. The molecule has 0 aliphatic carbocycles. The van der Waals surface area contributed by atoms with Gasteiger partial charge in [0.15, 0.2) is 5.75 Å². The summed E-state index contributed by atoms with van der Waals surface area (Å²) in [5.74, 6) is 2.56. The molecular formula is C17H15BrClN3O3S. The maximum atomic E-state index is 11.4. The van der Waals surface area contributed by atoms with Crippen molar-refractivity contribution < 1.29 is 14.3 Å². The van der Waals surface area contributed by atoms with Crippen molar-refractivity contribution in [2.24, 2.45) is 5.10 Å². The van der Waals surface area contributed by atoms with Crippen LogP contribution in [0.4, 0.5) is 5.13 Å². The number of benzene rings is 1. The van der Waals surface area contributed by atoms with Gasteiger partial charge in [0.25, 0.3) is 0 Å². The summed E-state index contributed by atoms with van der Waals surface area (Å²) in [7, 11) is 0. The molecule has 0 saturated heterocycles. The number of thiazole rings is 1. The van der Waals surface area contributed by atoms with E-state index in [2.05, 4.69) is 37.4 Å². The Morgan fingerprint density at radius 2 is 2.38 bits per heavy atom. The molecule has 1 aromatic heterocycles. The number of nitrogens with zero attached hydrogens (tertiary/aromatic N) is 2. The van der Waals surface area contributed by atoms with E-state index in [4.69, 9.17) is 27.5 Å². The molecule has 9 heteroatoms. The Balaban J connectivity index is 1.97. The fraction of sp³-hybridized carbons (Fsp3) is 0.235. The van der Waals surface area contributed by atoms with E-state index in [1.54, 1.807) is 30.7 Å². The van der Waals surface area contributed by atoms with Crippen LogP contribution in [0.3, 0.4) is 0 Å². The van der Waals surface area contributed by atoms with Crippen LogP contribution in [0.2, 0.25) is 5.02 Å². The topological polar surface area (TPSA) is 72.8 Å². The first-order valence-corrected chi connectivity index (χ1v) is 9.53. The monoisotopic (exact) mass is 455 g/mol. The Bertz CT molecular complexity index is 825. The Hall–Kier alpha value is -2.08. The fourth-order valence-corrected chi connectivity index (χ4v) is 3.52. The molecule has 136 valence electrons. The number of rotatable bonds is 8. The van der Waals surface area contributed by atoms with Gasteiger partial charge in [-0.3, -0.25) is 10.2 Å². The summed E-state index contributed by atoms with van der Waals surface area (Å²) in [5.41, 5.74) is 4.20. The lowest BCUT2D eigenvalue weighted by Gasteiger charge is -2.08. The van der Waals surface area contributed by atoms with Crippen molar-refractivity contribution in [2.45, 2.75) is 13.3 Å². The number of halogens is 2. The Kier molecular flexibility index (Phi) is 7.91. The van der Waals surface area contributed by atoms with Gasteiger partial charge in [0, 0.05) is 5.38 Å². The molecule has 1 aromatic carbocycles. The van der Waals surface area contributed by atoms with Crippen LogP contribution in [0.5, 0.6) is 5.75 Å². The van der Waals surface area contributed by atoms with Gasteiger partial charge in [-0.05, 0) is 40.5 Å². The van der Waals surface area contributed by atoms with Crippen LogP contribution in [0, 0.1) is 12.3 Å². The van der Waals surface area contributed by atoms with Gasteiger partial charge >= 0.3 is 5.97 Å². The van der Waals surface area contributed by atoms with Crippen LogP contribution in [0.1, 0.15) is 18.2 Å². The number of aromatic nitrogens is 1. The van der Waals surface area contributed by atoms with Gasteiger partial charge in [-0.1, -0.05) is 17.5 Å². The smallest absolute Gasteiger partial charge is 0.311 e. The summed E-state index contributed by atoms with van der Waals surface area (Å²) in [5, 5.41) is 6.88. The second-order valence-electron chi connectivity index (χ2n) is 4.80. The molecule has 0 atom stereocenters. The first kappa shape index (κ1) is 20.2. The summed E-state index contributed by atoms with van der Waals surface area (Å²) in [6.07, 6.45) is 6.90. The number of terminal acetylenes is 1. The van der Waals surface area contributed by atoms with E-state index in [-0.39, 0.29) is 19.0 Å². The molecule has 26 heavy (non-hydrogen) atoms. The molecule has 0 amide bonds. The van der Waals surface area contributed by atoms with Gasteiger partial charge in [0.1, 0.15) is 6.61 Å². The number of hydrogen-bond acceptors (Lipinski definition) is 7. The van der Waals surface area contributed by atoms with Gasteiger partial charge in [-0.25, -0.2) is 4.98 Å². The summed E-state index contributed by atoms with van der Waals surface area (Å²) < 4.78 is 10.9. The summed E-state index contributed by atoms with van der Waals surface area (Å²) in [4.78, 5) is 15.7. The minimum Gasteiger partial charge on any atom is -0.478 e. The quantitative estimate of drug-likeness (QED) is 0.280. The van der Waals surface area contributed by atoms with E-state index in [9.17, 15) is 4.79 Å². The standard InChI is InChI=1S/C17H15BrClN3O3S/c1-3-5-25-16-13(18)6-11(7-14(16)19)9-20-22-17-21-12(10-26-17)8-15(23)24-4-2/h1,6-7,9-10H,4-5,8H2,2H3,(H,21,22). The lowest BCUT2D eigenvalue weighted by atomic mass is 10.2. The Labute approximate surface area is 168 Å². The van der Waals surface area contributed by atoms with Crippen molar-refractivity contribution in [3.8, 4) is 18.1 Å². The average Bonchev–Trinajstić information content (AvgIpc) is 3.01. The highest BCUT2D eigenvalue weighted by Gasteiger charge is 2.09. The molecule has 2 aromatic rings. The van der Waals surface area contributed by atoms with Gasteiger partial charge in [0.2, 0.25) is 5.13 Å². The molecule has 0 aliphatic heterocycles. The zero-order chi connectivity index (χ0) is 18.9. The maximum absolute atomic E-state index is 11.4. The second kappa shape index (κ2) is 10.2. The minimum absolute atomic E-state index is 0.130. The van der Waals surface area contributed by atoms with Gasteiger partial charge in [-0.2, -0.15) is 5.10 Å². The molecule has 0 fully saturated rings. The molecule has 0 saturated carbocycles. The van der Waals surface area contributed by atoms with Crippen LogP contribution >= 0.6 is 38.9 Å². The van der Waals surface area contributed by atoms with E-state index in [1.807, 2.05) is 0 Å². The summed E-state index contributed by atoms with van der Waals surface area (Å²) in [6.45, 7) is 2.24. The van der Waals surface area contributed by atoms with Crippen molar-refractivity contribution in [1.82, 2.24) is 4.98 Å². The molecule has 1 N–H and O–H groups in total. The Morgan fingerprint density at radius 3 is 3.08 bits per heavy atom. The number of esters is 1. The molecule has 2 rings (SSSR count). The van der Waals surface area contributed by atoms with Crippen LogP contribution in [0.25, 0.3) is 0 Å². The molecule has 0 bridgehead atoms. The van der Waals surface area contributed by atoms with Crippen molar-refractivity contribution in [3.63, 3.8) is 0 Å². The van der Waals surface area contributed by atoms with Gasteiger partial charge < -0.3 is 9.47 Å². The maximum Gasteiger partial charge on any atom is 0.311 e. The van der Waals surface area contributed by atoms with E-state index >= 15 is 0 Å². The lowest BCUT2D eigenvalue weighted by molar-refractivity contribution is -0.142. The number of anilines is 1. The van der Waals surface area contributed by atoms with Gasteiger partial charge in [0.05, 0.1) is 34.4 Å². The molecule has 0 unspecified atom stereocenters. The number of hydrogen-bond donors (Lipinski definition) is 1. The van der Waals surface area contributed by atoms with Crippen molar-refractivity contribution >= 4 is 56.2 Å². The Morgan fingerprint density at radius 1 is 1.58 bits per heavy atom. The van der Waals surface area contributed by atoms with Crippen molar-refractivity contribution in [1.29, 1.82) is 0 Å². The third-order valence-corrected chi connectivity index (χ3v) is 4.54. The molecule has 0 spiro atoms. The summed E-state index contributed by atoms with van der Waals surface area (Å²) >= 11 is 10.9. The second-order valence-corrected chi connectivity index (χ2v) is 6.92. The van der Waals surface area contributed by atoms with Crippen LogP contribution in [-0.4, -0.2) is 30.4 Å². The highest BCUT2D eigenvalue weighted by Crippen LogP contribution is 2.34. The molecule has 6 nitrogen and oxygen atoms in total. The van der Waals surface area contributed by atoms with Crippen LogP contribution in [-0.2, 0) is 16.0 Å². The van der Waals surface area contributed by atoms with E-state index < -0.39 is 0 Å². The first-order valence-electron chi connectivity index (χ1n) is 7.48. The summed E-state index contributed by atoms with van der Waals surface area (Å²) in [6, 6.07) is 3.51. The normalized spacial score (nSPS) is 10.5. The van der Waals surface area contributed by atoms with E-state index in [0.717, 1.165) is 5.56 Å². The third-order valence-electron chi connectivity index (χ3n) is 2.88. The van der Waals surface area contributed by atoms with Crippen molar-refractivity contribution in [3.05, 3.63) is 38.3 Å². The molecule has 0 radical (unpaired) electrons. The molecule has 0 aliphatic rings. The van der Waals surface area contributed by atoms with Crippen LogP contribution in [0.15, 0.2) is 27.1 Å². The molecular weight excluding hydrogens is 442 g/mol. The molecule has 1 heterocycles. The fourth-order valence-electron chi connectivity index (χ4n) is 1.87. The number of ether oxygens (including phenoxy) is 2. The largest absolute Gasteiger partial charge is 0.478 e. The zero-order valence-electron chi connectivity index (χ0n) is 13.8. The van der Waals surface area contributed by atoms with Gasteiger partial charge in [-0.15, -0.1) is 17.8 Å². The highest BCUT2D eigenvalue weighted by atomic mass is 79.9. The third kappa shape index (κ3) is 6.02. The first-order chi connectivity index (χ1) is 12.5.